The second-order valence-electron chi connectivity index (χ2n) is 7.39. The van der Waals surface area contributed by atoms with Crippen LogP contribution in [0.4, 0.5) is 5.69 Å². The molecule has 0 amide bonds. The summed E-state index contributed by atoms with van der Waals surface area (Å²) in [6, 6.07) is 14.5. The van der Waals surface area contributed by atoms with Gasteiger partial charge in [-0.3, -0.25) is 0 Å². The summed E-state index contributed by atoms with van der Waals surface area (Å²) >= 11 is 0. The van der Waals surface area contributed by atoms with E-state index in [1.807, 2.05) is 18.2 Å². The fourth-order valence-electron chi connectivity index (χ4n) is 4.32. The van der Waals surface area contributed by atoms with Crippen molar-refractivity contribution >= 4 is 27.4 Å². The number of rotatable bonds is 0. The van der Waals surface area contributed by atoms with Gasteiger partial charge in [0.2, 0.25) is 11.2 Å². The molecule has 5 rings (SSSR count). The van der Waals surface area contributed by atoms with E-state index >= 15 is 0 Å². The van der Waals surface area contributed by atoms with Crippen LogP contribution >= 0.6 is 0 Å². The van der Waals surface area contributed by atoms with Gasteiger partial charge in [-0.15, -0.1) is 0 Å². The van der Waals surface area contributed by atoms with Crippen LogP contribution in [-0.4, -0.2) is 0 Å². The molecular weight excluding hydrogens is 332 g/mol. The minimum Gasteiger partial charge on any atom is -0.450 e. The van der Waals surface area contributed by atoms with Crippen molar-refractivity contribution in [1.29, 1.82) is 0 Å². The first-order chi connectivity index (χ1) is 13.0. The van der Waals surface area contributed by atoms with Crippen LogP contribution < -0.4 is 9.30 Å². The smallest absolute Gasteiger partial charge is 0.256 e. The van der Waals surface area contributed by atoms with E-state index in [2.05, 4.69) is 61.5 Å². The normalized spacial score (nSPS) is 12.0. The third kappa shape index (κ3) is 2.04. The maximum Gasteiger partial charge on any atom is 0.256 e. The molecule has 0 atom stereocenters. The molecule has 0 unspecified atom stereocenters. The quantitative estimate of drug-likeness (QED) is 0.245. The summed E-state index contributed by atoms with van der Waals surface area (Å²) in [5.74, 6) is 1.71. The highest BCUT2D eigenvalue weighted by molar-refractivity contribution is 6.06. The van der Waals surface area contributed by atoms with Gasteiger partial charge < -0.3 is 4.74 Å². The number of benzene rings is 3. The topological polar surface area (TPSA) is 17.5 Å². The zero-order valence-corrected chi connectivity index (χ0v) is 15.8. The molecule has 0 saturated carbocycles. The fourth-order valence-corrected chi connectivity index (χ4v) is 4.32. The Kier molecular flexibility index (Phi) is 3.12. The van der Waals surface area contributed by atoms with E-state index in [-0.39, 0.29) is 0 Å². The lowest BCUT2D eigenvalue weighted by Crippen LogP contribution is -2.33. The molecule has 0 spiro atoms. The van der Waals surface area contributed by atoms with Crippen molar-refractivity contribution in [3.8, 4) is 22.8 Å². The molecule has 27 heavy (non-hydrogen) atoms. The van der Waals surface area contributed by atoms with Gasteiger partial charge in [-0.1, -0.05) is 24.3 Å². The van der Waals surface area contributed by atoms with Gasteiger partial charge >= 0.3 is 0 Å². The van der Waals surface area contributed by atoms with Gasteiger partial charge in [0.25, 0.3) is 5.69 Å². The van der Waals surface area contributed by atoms with Gasteiger partial charge in [0, 0.05) is 11.5 Å². The molecule has 0 radical (unpaired) electrons. The van der Waals surface area contributed by atoms with Gasteiger partial charge in [0.1, 0.15) is 12.8 Å². The lowest BCUT2D eigenvalue weighted by molar-refractivity contribution is -0.633. The Morgan fingerprint density at radius 3 is 2.59 bits per heavy atom. The molecule has 0 fully saturated rings. The van der Waals surface area contributed by atoms with Crippen molar-refractivity contribution in [2.24, 2.45) is 7.05 Å². The Balaban J connectivity index is 2.02. The predicted molar refractivity (Wildman–Crippen MR) is 109 cm³/mol. The first-order valence-corrected chi connectivity index (χ1v) is 9.05. The average molecular weight is 351 g/mol. The monoisotopic (exact) mass is 351 g/mol. The minimum atomic E-state index is 0.649. The lowest BCUT2D eigenvalue weighted by Gasteiger charge is -2.23. The average Bonchev–Trinajstić information content (AvgIpc) is 2.64. The van der Waals surface area contributed by atoms with Crippen LogP contribution in [0.1, 0.15) is 16.7 Å². The summed E-state index contributed by atoms with van der Waals surface area (Å²) in [6.07, 6.45) is 0. The molecule has 0 aliphatic carbocycles. The third-order valence-electron chi connectivity index (χ3n) is 5.71. The zero-order valence-electron chi connectivity index (χ0n) is 15.8. The number of ether oxygens (including phenoxy) is 1. The molecule has 2 heterocycles. The Hall–Kier alpha value is -3.38. The van der Waals surface area contributed by atoms with E-state index in [4.69, 9.17) is 11.3 Å². The van der Waals surface area contributed by atoms with E-state index in [9.17, 15) is 0 Å². The van der Waals surface area contributed by atoms with Crippen LogP contribution in [0, 0.1) is 27.3 Å². The Bertz CT molecular complexity index is 1340. The number of pyridine rings is 1. The fraction of sp³-hybridized carbons (Fsp3) is 0.167. The van der Waals surface area contributed by atoms with Crippen molar-refractivity contribution in [2.45, 2.75) is 20.8 Å². The highest BCUT2D eigenvalue weighted by Gasteiger charge is 2.31. The Labute approximate surface area is 158 Å². The summed E-state index contributed by atoms with van der Waals surface area (Å²) in [5.41, 5.74) is 7.73. The van der Waals surface area contributed by atoms with E-state index in [1.54, 1.807) is 0 Å². The van der Waals surface area contributed by atoms with E-state index in [0.29, 0.717) is 5.69 Å². The maximum absolute atomic E-state index is 7.51. The lowest BCUT2D eigenvalue weighted by atomic mass is 9.89. The summed E-state index contributed by atoms with van der Waals surface area (Å²) in [4.78, 5) is 3.70. The number of hydrogen-bond acceptors (Lipinski definition) is 1. The summed E-state index contributed by atoms with van der Waals surface area (Å²) < 4.78 is 8.56. The van der Waals surface area contributed by atoms with Crippen molar-refractivity contribution in [3.63, 3.8) is 0 Å². The molecule has 4 aromatic rings. The molecule has 0 saturated heterocycles. The predicted octanol–water partition coefficient (Wildman–Crippen LogP) is 6.07. The molecule has 1 aromatic heterocycles. The second-order valence-corrected chi connectivity index (χ2v) is 7.39. The number of nitrogens with zero attached hydrogens (tertiary/aromatic N) is 2. The van der Waals surface area contributed by atoms with Gasteiger partial charge in [0.05, 0.1) is 17.5 Å². The molecule has 1 aliphatic heterocycles. The van der Waals surface area contributed by atoms with E-state index in [0.717, 1.165) is 28.1 Å². The largest absolute Gasteiger partial charge is 0.450 e. The molecular formula is C24H19N2O+. The molecule has 3 heteroatoms. The summed E-state index contributed by atoms with van der Waals surface area (Å²) in [7, 11) is 2.06. The number of aromatic nitrogens is 1. The van der Waals surface area contributed by atoms with Crippen LogP contribution in [0.5, 0.6) is 11.5 Å². The SMILES string of the molecule is [C-]#[N+]c1cccc2c1cc1c([n+]2C)-c2c(C)c(C)cc3cc(C)cc(c23)O1. The van der Waals surface area contributed by atoms with E-state index < -0.39 is 0 Å². The van der Waals surface area contributed by atoms with Crippen LogP contribution in [0.15, 0.2) is 42.5 Å². The molecule has 1 aliphatic rings. The van der Waals surface area contributed by atoms with Gasteiger partial charge in [-0.2, -0.15) is 4.57 Å². The third-order valence-corrected chi connectivity index (χ3v) is 5.71. The Morgan fingerprint density at radius 2 is 1.81 bits per heavy atom. The first-order valence-electron chi connectivity index (χ1n) is 9.05. The van der Waals surface area contributed by atoms with Gasteiger partial charge in [-0.05, 0) is 55.0 Å². The Morgan fingerprint density at radius 1 is 1.00 bits per heavy atom. The van der Waals surface area contributed by atoms with Crippen LogP contribution in [-0.2, 0) is 7.05 Å². The van der Waals surface area contributed by atoms with Gasteiger partial charge in [-0.25, -0.2) is 4.85 Å². The van der Waals surface area contributed by atoms with Crippen LogP contribution in [0.3, 0.4) is 0 Å². The molecule has 0 bridgehead atoms. The minimum absolute atomic E-state index is 0.649. The van der Waals surface area contributed by atoms with Crippen molar-refractivity contribution in [3.05, 3.63) is 70.6 Å². The zero-order chi connectivity index (χ0) is 18.9. The second kappa shape index (κ2) is 5.31. The van der Waals surface area contributed by atoms with E-state index in [1.165, 1.54) is 33.0 Å². The molecule has 3 nitrogen and oxygen atoms in total. The number of aryl methyl sites for hydroxylation is 3. The van der Waals surface area contributed by atoms with Crippen molar-refractivity contribution in [1.82, 2.24) is 0 Å². The summed E-state index contributed by atoms with van der Waals surface area (Å²) in [5, 5.41) is 3.31. The highest BCUT2D eigenvalue weighted by atomic mass is 16.5. The van der Waals surface area contributed by atoms with Crippen molar-refractivity contribution < 1.29 is 9.30 Å². The molecule has 0 N–H and O–H groups in total. The summed E-state index contributed by atoms with van der Waals surface area (Å²) in [6.45, 7) is 14.0. The number of fused-ring (bicyclic) bond motifs is 3. The standard InChI is InChI=1S/C24H19N2O/c1-13-9-16-11-14(2)15(3)22-23(16)20(10-13)27-21-12-17-18(25-4)7-6-8-19(17)26(5)24(21)22/h6-12H,1-3,5H3/q+1. The maximum atomic E-state index is 7.51. The number of hydrogen-bond donors (Lipinski definition) is 0. The first kappa shape index (κ1) is 15.8. The van der Waals surface area contributed by atoms with Crippen molar-refractivity contribution in [2.75, 3.05) is 0 Å². The van der Waals surface area contributed by atoms with Crippen LogP contribution in [0.25, 0.3) is 37.8 Å². The van der Waals surface area contributed by atoms with Crippen LogP contribution in [0.2, 0.25) is 0 Å². The highest BCUT2D eigenvalue weighted by Crippen LogP contribution is 2.48. The van der Waals surface area contributed by atoms with Gasteiger partial charge in [0.15, 0.2) is 5.75 Å². The molecule has 130 valence electrons. The molecule has 3 aromatic carbocycles.